The van der Waals surface area contributed by atoms with E-state index in [2.05, 4.69) is 5.32 Å². The molecule has 0 unspecified atom stereocenters. The molecule has 0 atom stereocenters. The van der Waals surface area contributed by atoms with Crippen molar-refractivity contribution in [1.29, 1.82) is 0 Å². The van der Waals surface area contributed by atoms with Crippen molar-refractivity contribution >= 4 is 11.9 Å². The Balaban J connectivity index is 2.48. The van der Waals surface area contributed by atoms with Crippen LogP contribution in [-0.2, 0) is 9.59 Å². The van der Waals surface area contributed by atoms with Crippen LogP contribution in [0.4, 0.5) is 0 Å². The fraction of sp³-hybridized carbons (Fsp3) is 0.500. The maximum absolute atomic E-state index is 11.9. The molecule has 0 fully saturated rings. The molecule has 0 saturated heterocycles. The highest BCUT2D eigenvalue weighted by molar-refractivity contribution is 5.78. The molecule has 1 aromatic carbocycles. The van der Waals surface area contributed by atoms with Crippen molar-refractivity contribution in [3.05, 3.63) is 29.3 Å². The lowest BCUT2D eigenvalue weighted by molar-refractivity contribution is -0.138. The number of carbonyl (C=O) groups excluding carboxylic acids is 1. The van der Waals surface area contributed by atoms with Gasteiger partial charge in [0, 0.05) is 12.0 Å². The normalized spacial score (nSPS) is 11.0. The van der Waals surface area contributed by atoms with Crippen LogP contribution in [0.1, 0.15) is 37.8 Å². The molecule has 0 aromatic heterocycles. The molecule has 0 aliphatic rings. The van der Waals surface area contributed by atoms with Crippen molar-refractivity contribution in [3.63, 3.8) is 0 Å². The molecule has 0 aliphatic heterocycles. The van der Waals surface area contributed by atoms with Crippen LogP contribution in [0.2, 0.25) is 0 Å². The molecule has 5 nitrogen and oxygen atoms in total. The highest BCUT2D eigenvalue weighted by Gasteiger charge is 2.21. The van der Waals surface area contributed by atoms with Gasteiger partial charge in [-0.3, -0.25) is 9.59 Å². The molecule has 1 rings (SSSR count). The molecule has 0 bridgehead atoms. The highest BCUT2D eigenvalue weighted by atomic mass is 16.5. The summed E-state index contributed by atoms with van der Waals surface area (Å²) in [6.07, 6.45) is 0.392. The summed E-state index contributed by atoms with van der Waals surface area (Å²) in [5.74, 6) is -0.473. The second-order valence-electron chi connectivity index (χ2n) is 5.94. The lowest BCUT2D eigenvalue weighted by atomic mass is 9.98. The van der Waals surface area contributed by atoms with Gasteiger partial charge in [-0.1, -0.05) is 6.07 Å². The first-order chi connectivity index (χ1) is 9.68. The van der Waals surface area contributed by atoms with Gasteiger partial charge in [-0.25, -0.2) is 0 Å². The minimum Gasteiger partial charge on any atom is -0.484 e. The first-order valence-electron chi connectivity index (χ1n) is 6.92. The first-order valence-corrected chi connectivity index (χ1v) is 6.92. The number of aryl methyl sites for hydroxylation is 2. The van der Waals surface area contributed by atoms with E-state index in [-0.39, 0.29) is 18.9 Å². The van der Waals surface area contributed by atoms with Crippen molar-refractivity contribution in [2.75, 3.05) is 6.61 Å². The van der Waals surface area contributed by atoms with Crippen LogP contribution in [0.25, 0.3) is 0 Å². The number of rotatable bonds is 7. The standard InChI is InChI=1S/C16H23NO4/c1-11-7-12(2)9-13(8-11)21-10-14(18)17-16(3,4)6-5-15(19)20/h7-9H,5-6,10H2,1-4H3,(H,17,18)(H,19,20). The smallest absolute Gasteiger partial charge is 0.303 e. The summed E-state index contributed by atoms with van der Waals surface area (Å²) in [6.45, 7) is 7.44. The van der Waals surface area contributed by atoms with Crippen molar-refractivity contribution in [2.24, 2.45) is 0 Å². The summed E-state index contributed by atoms with van der Waals surface area (Å²) in [6, 6.07) is 5.77. The summed E-state index contributed by atoms with van der Waals surface area (Å²) in [7, 11) is 0. The monoisotopic (exact) mass is 293 g/mol. The third-order valence-corrected chi connectivity index (χ3v) is 3.01. The minimum absolute atomic E-state index is 0.0191. The quantitative estimate of drug-likeness (QED) is 0.809. The number of aliphatic carboxylic acids is 1. The third-order valence-electron chi connectivity index (χ3n) is 3.01. The zero-order valence-corrected chi connectivity index (χ0v) is 13.0. The van der Waals surface area contributed by atoms with E-state index in [0.29, 0.717) is 12.2 Å². The van der Waals surface area contributed by atoms with Gasteiger partial charge < -0.3 is 15.2 Å². The Kier molecular flexibility index (Phi) is 5.76. The van der Waals surface area contributed by atoms with Crippen LogP contribution in [-0.4, -0.2) is 29.1 Å². The number of amides is 1. The predicted molar refractivity (Wildman–Crippen MR) is 80.5 cm³/mol. The van der Waals surface area contributed by atoms with Crippen LogP contribution in [0.3, 0.4) is 0 Å². The summed E-state index contributed by atoms with van der Waals surface area (Å²) in [5.41, 5.74) is 1.58. The third kappa shape index (κ3) is 6.79. The molecule has 0 heterocycles. The summed E-state index contributed by atoms with van der Waals surface area (Å²) >= 11 is 0. The predicted octanol–water partition coefficient (Wildman–Crippen LogP) is 2.44. The summed E-state index contributed by atoms with van der Waals surface area (Å²) in [4.78, 5) is 22.4. The van der Waals surface area contributed by atoms with E-state index in [4.69, 9.17) is 9.84 Å². The Hall–Kier alpha value is -2.04. The van der Waals surface area contributed by atoms with Crippen molar-refractivity contribution in [2.45, 2.75) is 46.1 Å². The molecular formula is C16H23NO4. The zero-order valence-electron chi connectivity index (χ0n) is 13.0. The topological polar surface area (TPSA) is 75.6 Å². The van der Waals surface area contributed by atoms with Crippen molar-refractivity contribution < 1.29 is 19.4 Å². The fourth-order valence-corrected chi connectivity index (χ4v) is 2.06. The van der Waals surface area contributed by atoms with Gasteiger partial charge in [0.15, 0.2) is 6.61 Å². The Bertz CT molecular complexity index is 503. The number of ether oxygens (including phenoxy) is 1. The average Bonchev–Trinajstić information content (AvgIpc) is 2.32. The van der Waals surface area contributed by atoms with Gasteiger partial charge in [0.1, 0.15) is 5.75 Å². The van der Waals surface area contributed by atoms with Gasteiger partial charge in [0.2, 0.25) is 0 Å². The SMILES string of the molecule is Cc1cc(C)cc(OCC(=O)NC(C)(C)CCC(=O)O)c1. The largest absolute Gasteiger partial charge is 0.484 e. The highest BCUT2D eigenvalue weighted by Crippen LogP contribution is 2.16. The van der Waals surface area contributed by atoms with E-state index in [1.807, 2.05) is 32.0 Å². The molecule has 2 N–H and O–H groups in total. The van der Waals surface area contributed by atoms with E-state index in [1.54, 1.807) is 13.8 Å². The second-order valence-corrected chi connectivity index (χ2v) is 5.94. The van der Waals surface area contributed by atoms with Crippen molar-refractivity contribution in [1.82, 2.24) is 5.32 Å². The molecule has 5 heteroatoms. The Labute approximate surface area is 125 Å². The Morgan fingerprint density at radius 3 is 2.29 bits per heavy atom. The summed E-state index contributed by atoms with van der Waals surface area (Å²) < 4.78 is 5.47. The number of hydrogen-bond donors (Lipinski definition) is 2. The molecule has 0 aliphatic carbocycles. The molecule has 116 valence electrons. The van der Waals surface area contributed by atoms with Crippen LogP contribution >= 0.6 is 0 Å². The van der Waals surface area contributed by atoms with Crippen LogP contribution < -0.4 is 10.1 Å². The number of carbonyl (C=O) groups is 2. The van der Waals surface area contributed by atoms with E-state index in [1.165, 1.54) is 0 Å². The lowest BCUT2D eigenvalue weighted by Crippen LogP contribution is -2.45. The second kappa shape index (κ2) is 7.11. The van der Waals surface area contributed by atoms with E-state index >= 15 is 0 Å². The molecule has 0 saturated carbocycles. The van der Waals surface area contributed by atoms with Crippen LogP contribution in [0.15, 0.2) is 18.2 Å². The maximum atomic E-state index is 11.9. The Morgan fingerprint density at radius 2 is 1.76 bits per heavy atom. The zero-order chi connectivity index (χ0) is 16.0. The number of nitrogens with one attached hydrogen (secondary N) is 1. The fourth-order valence-electron chi connectivity index (χ4n) is 2.06. The number of hydrogen-bond acceptors (Lipinski definition) is 3. The number of carboxylic acids is 1. The maximum Gasteiger partial charge on any atom is 0.303 e. The molecule has 21 heavy (non-hydrogen) atoms. The van der Waals surface area contributed by atoms with Crippen LogP contribution in [0.5, 0.6) is 5.75 Å². The van der Waals surface area contributed by atoms with Gasteiger partial charge >= 0.3 is 5.97 Å². The van der Waals surface area contributed by atoms with Gasteiger partial charge in [0.25, 0.3) is 5.91 Å². The molecule has 1 aromatic rings. The van der Waals surface area contributed by atoms with Gasteiger partial charge in [-0.05, 0) is 57.4 Å². The number of benzene rings is 1. The molecule has 0 spiro atoms. The molecule has 1 amide bonds. The van der Waals surface area contributed by atoms with Crippen molar-refractivity contribution in [3.8, 4) is 5.75 Å². The Morgan fingerprint density at radius 1 is 1.19 bits per heavy atom. The van der Waals surface area contributed by atoms with E-state index in [0.717, 1.165) is 11.1 Å². The average molecular weight is 293 g/mol. The molecule has 0 radical (unpaired) electrons. The van der Waals surface area contributed by atoms with Crippen LogP contribution in [0, 0.1) is 13.8 Å². The number of carboxylic acid groups (broad SMARTS) is 1. The van der Waals surface area contributed by atoms with E-state index in [9.17, 15) is 9.59 Å². The molecular weight excluding hydrogens is 270 g/mol. The summed E-state index contributed by atoms with van der Waals surface area (Å²) in [5, 5.41) is 11.5. The van der Waals surface area contributed by atoms with Gasteiger partial charge in [-0.2, -0.15) is 0 Å². The van der Waals surface area contributed by atoms with E-state index < -0.39 is 11.5 Å². The van der Waals surface area contributed by atoms with Gasteiger partial charge in [0.05, 0.1) is 0 Å². The van der Waals surface area contributed by atoms with Gasteiger partial charge in [-0.15, -0.1) is 0 Å². The minimum atomic E-state index is -0.871. The first kappa shape index (κ1) is 17.0. The lowest BCUT2D eigenvalue weighted by Gasteiger charge is -2.25.